The maximum absolute atomic E-state index is 9.77. The zero-order valence-electron chi connectivity index (χ0n) is 10.1. The van der Waals surface area contributed by atoms with Gasteiger partial charge in [-0.1, -0.05) is 27.2 Å². The number of benzene rings is 2. The average molecular weight is 333 g/mol. The SMILES string of the molecule is Oc1cccc(O)c1-c1nc(-c2ccc(Br)cc2)no1. The normalized spacial score (nSPS) is 10.7. The van der Waals surface area contributed by atoms with E-state index >= 15 is 0 Å². The summed E-state index contributed by atoms with van der Waals surface area (Å²) in [5.74, 6) is 0.223. The van der Waals surface area contributed by atoms with Crippen LogP contribution in [0.25, 0.3) is 22.8 Å². The Hall–Kier alpha value is -2.34. The molecular weight excluding hydrogens is 324 g/mol. The van der Waals surface area contributed by atoms with Crippen LogP contribution < -0.4 is 0 Å². The minimum Gasteiger partial charge on any atom is -0.507 e. The lowest BCUT2D eigenvalue weighted by Gasteiger charge is -2.01. The molecule has 0 saturated carbocycles. The summed E-state index contributed by atoms with van der Waals surface area (Å²) in [6, 6.07) is 11.8. The minimum atomic E-state index is -0.115. The summed E-state index contributed by atoms with van der Waals surface area (Å²) in [5.41, 5.74) is 0.904. The van der Waals surface area contributed by atoms with Gasteiger partial charge in [-0.25, -0.2) is 0 Å². The van der Waals surface area contributed by atoms with Gasteiger partial charge in [-0.2, -0.15) is 4.98 Å². The predicted octanol–water partition coefficient (Wildman–Crippen LogP) is 3.58. The molecule has 1 aromatic heterocycles. The topological polar surface area (TPSA) is 79.4 Å². The zero-order chi connectivity index (χ0) is 14.1. The largest absolute Gasteiger partial charge is 0.507 e. The Morgan fingerprint density at radius 2 is 1.60 bits per heavy atom. The van der Waals surface area contributed by atoms with E-state index in [1.807, 2.05) is 24.3 Å². The molecule has 1 heterocycles. The lowest BCUT2D eigenvalue weighted by Crippen LogP contribution is -1.82. The molecule has 0 aliphatic rings. The Kier molecular flexibility index (Phi) is 3.15. The molecule has 6 heteroatoms. The van der Waals surface area contributed by atoms with Crippen LogP contribution in [-0.2, 0) is 0 Å². The summed E-state index contributed by atoms with van der Waals surface area (Å²) in [5, 5.41) is 23.4. The van der Waals surface area contributed by atoms with E-state index in [4.69, 9.17) is 4.52 Å². The van der Waals surface area contributed by atoms with Crippen molar-refractivity contribution in [2.75, 3.05) is 0 Å². The molecule has 5 nitrogen and oxygen atoms in total. The van der Waals surface area contributed by atoms with Crippen molar-refractivity contribution in [2.45, 2.75) is 0 Å². The Morgan fingerprint density at radius 3 is 2.25 bits per heavy atom. The van der Waals surface area contributed by atoms with Gasteiger partial charge in [0.05, 0.1) is 0 Å². The molecule has 0 spiro atoms. The van der Waals surface area contributed by atoms with Crippen LogP contribution in [0.2, 0.25) is 0 Å². The Balaban J connectivity index is 2.04. The first kappa shape index (κ1) is 12.7. The fraction of sp³-hybridized carbons (Fsp3) is 0. The molecule has 0 amide bonds. The summed E-state index contributed by atoms with van der Waals surface area (Å²) >= 11 is 3.35. The fourth-order valence-electron chi connectivity index (χ4n) is 1.79. The summed E-state index contributed by atoms with van der Waals surface area (Å²) in [6.07, 6.45) is 0. The van der Waals surface area contributed by atoms with Crippen molar-refractivity contribution in [1.29, 1.82) is 0 Å². The van der Waals surface area contributed by atoms with Gasteiger partial charge < -0.3 is 14.7 Å². The number of phenols is 2. The highest BCUT2D eigenvalue weighted by Crippen LogP contribution is 2.36. The van der Waals surface area contributed by atoms with Crippen molar-refractivity contribution < 1.29 is 14.7 Å². The second kappa shape index (κ2) is 4.97. The van der Waals surface area contributed by atoms with E-state index in [1.165, 1.54) is 18.2 Å². The van der Waals surface area contributed by atoms with E-state index in [-0.39, 0.29) is 23.0 Å². The maximum Gasteiger partial charge on any atom is 0.265 e. The average Bonchev–Trinajstić information content (AvgIpc) is 2.89. The number of nitrogens with zero attached hydrogens (tertiary/aromatic N) is 2. The molecule has 0 aliphatic carbocycles. The third-order valence-electron chi connectivity index (χ3n) is 2.76. The molecule has 0 aliphatic heterocycles. The first-order valence-electron chi connectivity index (χ1n) is 5.76. The molecule has 0 fully saturated rings. The molecule has 2 aromatic carbocycles. The first-order valence-corrected chi connectivity index (χ1v) is 6.55. The second-order valence-corrected chi connectivity index (χ2v) is 5.02. The predicted molar refractivity (Wildman–Crippen MR) is 76.2 cm³/mol. The number of hydrogen-bond donors (Lipinski definition) is 2. The number of aromatic nitrogens is 2. The second-order valence-electron chi connectivity index (χ2n) is 4.10. The molecular formula is C14H9BrN2O3. The number of aromatic hydroxyl groups is 2. The molecule has 2 N–H and O–H groups in total. The minimum absolute atomic E-state index is 0.0681. The fourth-order valence-corrected chi connectivity index (χ4v) is 2.05. The van der Waals surface area contributed by atoms with Gasteiger partial charge in [0.2, 0.25) is 5.82 Å². The molecule has 100 valence electrons. The van der Waals surface area contributed by atoms with Crippen molar-refractivity contribution in [1.82, 2.24) is 10.1 Å². The summed E-state index contributed by atoms with van der Waals surface area (Å²) in [6.45, 7) is 0. The molecule has 20 heavy (non-hydrogen) atoms. The van der Waals surface area contributed by atoms with Crippen LogP contribution >= 0.6 is 15.9 Å². The van der Waals surface area contributed by atoms with Crippen LogP contribution in [0.4, 0.5) is 0 Å². The first-order chi connectivity index (χ1) is 9.65. The van der Waals surface area contributed by atoms with Crippen molar-refractivity contribution in [2.24, 2.45) is 0 Å². The van der Waals surface area contributed by atoms with Gasteiger partial charge >= 0.3 is 0 Å². The highest BCUT2D eigenvalue weighted by Gasteiger charge is 2.17. The van der Waals surface area contributed by atoms with Gasteiger partial charge in [0, 0.05) is 10.0 Å². The maximum atomic E-state index is 9.77. The van der Waals surface area contributed by atoms with Gasteiger partial charge in [-0.15, -0.1) is 0 Å². The standard InChI is InChI=1S/C14H9BrN2O3/c15-9-6-4-8(5-7-9)13-16-14(20-17-13)12-10(18)2-1-3-11(12)19/h1-7,18-19H. The molecule has 0 bridgehead atoms. The van der Waals surface area contributed by atoms with Crippen LogP contribution in [0.1, 0.15) is 0 Å². The Bertz CT molecular complexity index is 733. The van der Waals surface area contributed by atoms with Crippen molar-refractivity contribution >= 4 is 15.9 Å². The van der Waals surface area contributed by atoms with Gasteiger partial charge in [-0.3, -0.25) is 0 Å². The van der Waals surface area contributed by atoms with Gasteiger partial charge in [0.25, 0.3) is 5.89 Å². The lowest BCUT2D eigenvalue weighted by atomic mass is 10.1. The van der Waals surface area contributed by atoms with E-state index < -0.39 is 0 Å². The van der Waals surface area contributed by atoms with E-state index in [2.05, 4.69) is 26.1 Å². The van der Waals surface area contributed by atoms with Crippen molar-refractivity contribution in [3.8, 4) is 34.3 Å². The van der Waals surface area contributed by atoms with Gasteiger partial charge in [-0.05, 0) is 36.4 Å². The Labute approximate surface area is 122 Å². The third-order valence-corrected chi connectivity index (χ3v) is 3.29. The highest BCUT2D eigenvalue weighted by molar-refractivity contribution is 9.10. The summed E-state index contributed by atoms with van der Waals surface area (Å²) < 4.78 is 6.05. The molecule has 3 rings (SSSR count). The van der Waals surface area contributed by atoms with E-state index in [0.717, 1.165) is 10.0 Å². The number of hydrogen-bond acceptors (Lipinski definition) is 5. The smallest absolute Gasteiger partial charge is 0.265 e. The van der Waals surface area contributed by atoms with E-state index in [9.17, 15) is 10.2 Å². The van der Waals surface area contributed by atoms with Crippen LogP contribution in [0, 0.1) is 0 Å². The number of rotatable bonds is 2. The van der Waals surface area contributed by atoms with E-state index in [0.29, 0.717) is 5.82 Å². The molecule has 0 unspecified atom stereocenters. The van der Waals surface area contributed by atoms with Crippen molar-refractivity contribution in [3.63, 3.8) is 0 Å². The zero-order valence-corrected chi connectivity index (χ0v) is 11.7. The van der Waals surface area contributed by atoms with Crippen molar-refractivity contribution in [3.05, 3.63) is 46.9 Å². The third kappa shape index (κ3) is 2.25. The quantitative estimate of drug-likeness (QED) is 0.749. The number of phenolic OH excluding ortho intramolecular Hbond substituents is 2. The van der Waals surface area contributed by atoms with E-state index in [1.54, 1.807) is 0 Å². The highest BCUT2D eigenvalue weighted by atomic mass is 79.9. The van der Waals surface area contributed by atoms with Crippen LogP contribution in [0.15, 0.2) is 51.5 Å². The number of halogens is 1. The molecule has 0 saturated heterocycles. The molecule has 0 atom stereocenters. The summed E-state index contributed by atoms with van der Waals surface area (Å²) in [4.78, 5) is 4.19. The Morgan fingerprint density at radius 1 is 0.950 bits per heavy atom. The molecule has 0 radical (unpaired) electrons. The van der Waals surface area contributed by atoms with Crippen LogP contribution in [0.3, 0.4) is 0 Å². The summed E-state index contributed by atoms with van der Waals surface area (Å²) in [7, 11) is 0. The van der Waals surface area contributed by atoms with Gasteiger partial charge in [0.15, 0.2) is 0 Å². The molecule has 3 aromatic rings. The monoisotopic (exact) mass is 332 g/mol. The lowest BCUT2D eigenvalue weighted by molar-refractivity contribution is 0.416. The van der Waals surface area contributed by atoms with Crippen LogP contribution in [-0.4, -0.2) is 20.4 Å². The van der Waals surface area contributed by atoms with Gasteiger partial charge in [0.1, 0.15) is 17.1 Å². The van der Waals surface area contributed by atoms with Crippen LogP contribution in [0.5, 0.6) is 11.5 Å².